The minimum atomic E-state index is -3.40. The third-order valence-electron chi connectivity index (χ3n) is 2.92. The molecule has 0 aliphatic heterocycles. The van der Waals surface area contributed by atoms with E-state index in [4.69, 9.17) is 0 Å². The molecule has 0 amide bonds. The SMILES string of the molecule is CCN(CC)S(=O)(=O)c1ccc2cccnc2c1. The van der Waals surface area contributed by atoms with Crippen LogP contribution in [-0.4, -0.2) is 30.8 Å². The lowest BCUT2D eigenvalue weighted by Gasteiger charge is -2.18. The maximum atomic E-state index is 12.3. The molecule has 4 nitrogen and oxygen atoms in total. The Balaban J connectivity index is 2.54. The van der Waals surface area contributed by atoms with E-state index in [2.05, 4.69) is 4.98 Å². The largest absolute Gasteiger partial charge is 0.256 e. The van der Waals surface area contributed by atoms with Gasteiger partial charge in [-0.05, 0) is 18.2 Å². The highest BCUT2D eigenvalue weighted by molar-refractivity contribution is 7.89. The van der Waals surface area contributed by atoms with Gasteiger partial charge in [-0.3, -0.25) is 4.98 Å². The van der Waals surface area contributed by atoms with Crippen molar-refractivity contribution in [3.05, 3.63) is 36.5 Å². The van der Waals surface area contributed by atoms with Crippen molar-refractivity contribution < 1.29 is 8.42 Å². The molecule has 0 unspecified atom stereocenters. The van der Waals surface area contributed by atoms with Crippen LogP contribution in [0, 0.1) is 0 Å². The Labute approximate surface area is 107 Å². The molecule has 0 N–H and O–H groups in total. The second kappa shape index (κ2) is 5.04. The Hall–Kier alpha value is -1.46. The van der Waals surface area contributed by atoms with Gasteiger partial charge in [-0.2, -0.15) is 4.31 Å². The van der Waals surface area contributed by atoms with Crippen molar-refractivity contribution in [1.29, 1.82) is 0 Å². The summed E-state index contributed by atoms with van der Waals surface area (Å²) in [6.45, 7) is 4.61. The molecule has 0 saturated heterocycles. The van der Waals surface area contributed by atoms with Gasteiger partial charge in [-0.15, -0.1) is 0 Å². The van der Waals surface area contributed by atoms with Crippen LogP contribution in [0.4, 0.5) is 0 Å². The van der Waals surface area contributed by atoms with Crippen LogP contribution in [0.5, 0.6) is 0 Å². The lowest BCUT2D eigenvalue weighted by Crippen LogP contribution is -2.30. The molecule has 18 heavy (non-hydrogen) atoms. The van der Waals surface area contributed by atoms with E-state index in [1.54, 1.807) is 24.4 Å². The number of aromatic nitrogens is 1. The zero-order valence-corrected chi connectivity index (χ0v) is 11.3. The zero-order chi connectivity index (χ0) is 13.2. The summed E-state index contributed by atoms with van der Waals surface area (Å²) in [5.41, 5.74) is 0.700. The molecule has 96 valence electrons. The van der Waals surface area contributed by atoms with Gasteiger partial charge in [0.15, 0.2) is 0 Å². The highest BCUT2D eigenvalue weighted by atomic mass is 32.2. The van der Waals surface area contributed by atoms with Crippen molar-refractivity contribution in [1.82, 2.24) is 9.29 Å². The van der Waals surface area contributed by atoms with E-state index in [0.29, 0.717) is 23.5 Å². The maximum Gasteiger partial charge on any atom is 0.243 e. The van der Waals surface area contributed by atoms with Gasteiger partial charge in [0, 0.05) is 24.7 Å². The van der Waals surface area contributed by atoms with Gasteiger partial charge >= 0.3 is 0 Å². The highest BCUT2D eigenvalue weighted by Crippen LogP contribution is 2.20. The third kappa shape index (κ3) is 2.23. The highest BCUT2D eigenvalue weighted by Gasteiger charge is 2.21. The molecule has 0 aliphatic rings. The molecule has 0 saturated carbocycles. The second-order valence-electron chi connectivity index (χ2n) is 3.95. The van der Waals surface area contributed by atoms with Crippen LogP contribution in [0.15, 0.2) is 41.4 Å². The van der Waals surface area contributed by atoms with Crippen LogP contribution in [0.25, 0.3) is 10.9 Å². The minimum absolute atomic E-state index is 0.303. The molecule has 0 bridgehead atoms. The number of nitrogens with zero attached hydrogens (tertiary/aromatic N) is 2. The van der Waals surface area contributed by atoms with Crippen LogP contribution >= 0.6 is 0 Å². The topological polar surface area (TPSA) is 50.3 Å². The van der Waals surface area contributed by atoms with Gasteiger partial charge in [0.25, 0.3) is 0 Å². The molecule has 1 aromatic carbocycles. The molecule has 1 heterocycles. The molecular weight excluding hydrogens is 248 g/mol. The van der Waals surface area contributed by atoms with E-state index in [1.165, 1.54) is 4.31 Å². The fraction of sp³-hybridized carbons (Fsp3) is 0.308. The number of pyridine rings is 1. The van der Waals surface area contributed by atoms with E-state index in [1.807, 2.05) is 26.0 Å². The maximum absolute atomic E-state index is 12.3. The summed E-state index contributed by atoms with van der Waals surface area (Å²) in [5.74, 6) is 0. The van der Waals surface area contributed by atoms with Crippen molar-refractivity contribution in [3.63, 3.8) is 0 Å². The van der Waals surface area contributed by atoms with Gasteiger partial charge < -0.3 is 0 Å². The molecule has 2 rings (SSSR count). The third-order valence-corrected chi connectivity index (χ3v) is 4.97. The quantitative estimate of drug-likeness (QED) is 0.851. The van der Waals surface area contributed by atoms with Gasteiger partial charge in [0.2, 0.25) is 10.0 Å². The second-order valence-corrected chi connectivity index (χ2v) is 5.89. The molecule has 2 aromatic rings. The summed E-state index contributed by atoms with van der Waals surface area (Å²) in [6, 6.07) is 8.80. The molecule has 1 aromatic heterocycles. The van der Waals surface area contributed by atoms with E-state index in [-0.39, 0.29) is 0 Å². The minimum Gasteiger partial charge on any atom is -0.256 e. The van der Waals surface area contributed by atoms with Crippen molar-refractivity contribution in [2.45, 2.75) is 18.7 Å². The van der Waals surface area contributed by atoms with Gasteiger partial charge in [0.05, 0.1) is 10.4 Å². The number of rotatable bonds is 4. The van der Waals surface area contributed by atoms with Crippen LogP contribution in [0.3, 0.4) is 0 Å². The van der Waals surface area contributed by atoms with Crippen LogP contribution in [0.1, 0.15) is 13.8 Å². The predicted molar refractivity (Wildman–Crippen MR) is 71.8 cm³/mol. The van der Waals surface area contributed by atoms with Crippen molar-refractivity contribution in [2.24, 2.45) is 0 Å². The molecular formula is C13H16N2O2S. The zero-order valence-electron chi connectivity index (χ0n) is 10.5. The smallest absolute Gasteiger partial charge is 0.243 e. The molecule has 0 fully saturated rings. The number of benzene rings is 1. The van der Waals surface area contributed by atoms with Gasteiger partial charge in [-0.1, -0.05) is 26.0 Å². The first kappa shape index (κ1) is 13.0. The van der Waals surface area contributed by atoms with E-state index >= 15 is 0 Å². The molecule has 0 radical (unpaired) electrons. The van der Waals surface area contributed by atoms with Crippen molar-refractivity contribution in [3.8, 4) is 0 Å². The van der Waals surface area contributed by atoms with Crippen LogP contribution in [-0.2, 0) is 10.0 Å². The Morgan fingerprint density at radius 3 is 2.56 bits per heavy atom. The Kier molecular flexibility index (Phi) is 3.63. The van der Waals surface area contributed by atoms with Crippen LogP contribution in [0.2, 0.25) is 0 Å². The lowest BCUT2D eigenvalue weighted by molar-refractivity contribution is 0.445. The number of hydrogen-bond donors (Lipinski definition) is 0. The molecule has 0 atom stereocenters. The summed E-state index contributed by atoms with van der Waals surface area (Å²) in [5, 5.41) is 0.941. The van der Waals surface area contributed by atoms with Gasteiger partial charge in [-0.25, -0.2) is 8.42 Å². The fourth-order valence-electron chi connectivity index (χ4n) is 1.92. The molecule has 5 heteroatoms. The Morgan fingerprint density at radius 1 is 1.17 bits per heavy atom. The standard InChI is InChI=1S/C13H16N2O2S/c1-3-15(4-2)18(16,17)12-8-7-11-6-5-9-14-13(11)10-12/h5-10H,3-4H2,1-2H3. The molecule has 0 aliphatic carbocycles. The van der Waals surface area contributed by atoms with E-state index in [9.17, 15) is 8.42 Å². The average Bonchev–Trinajstić information content (AvgIpc) is 2.39. The van der Waals surface area contributed by atoms with E-state index < -0.39 is 10.0 Å². The fourth-order valence-corrected chi connectivity index (χ4v) is 3.40. The monoisotopic (exact) mass is 264 g/mol. The van der Waals surface area contributed by atoms with Crippen molar-refractivity contribution >= 4 is 20.9 Å². The summed E-state index contributed by atoms with van der Waals surface area (Å²) < 4.78 is 26.1. The number of sulfonamides is 1. The van der Waals surface area contributed by atoms with Crippen LogP contribution < -0.4 is 0 Å². The first-order valence-electron chi connectivity index (χ1n) is 5.94. The Bertz CT molecular complexity index is 649. The lowest BCUT2D eigenvalue weighted by atomic mass is 10.2. The first-order chi connectivity index (χ1) is 8.59. The van der Waals surface area contributed by atoms with Crippen molar-refractivity contribution in [2.75, 3.05) is 13.1 Å². The average molecular weight is 264 g/mol. The Morgan fingerprint density at radius 2 is 1.89 bits per heavy atom. The number of hydrogen-bond acceptors (Lipinski definition) is 3. The summed E-state index contributed by atoms with van der Waals surface area (Å²) in [6.07, 6.45) is 1.66. The summed E-state index contributed by atoms with van der Waals surface area (Å²) >= 11 is 0. The first-order valence-corrected chi connectivity index (χ1v) is 7.38. The normalized spacial score (nSPS) is 12.2. The van der Waals surface area contributed by atoms with E-state index in [0.717, 1.165) is 5.39 Å². The number of fused-ring (bicyclic) bond motifs is 1. The molecule has 0 spiro atoms. The summed E-state index contributed by atoms with van der Waals surface area (Å²) in [4.78, 5) is 4.49. The summed E-state index contributed by atoms with van der Waals surface area (Å²) in [7, 11) is -3.40. The van der Waals surface area contributed by atoms with Gasteiger partial charge in [0.1, 0.15) is 0 Å². The predicted octanol–water partition coefficient (Wildman–Crippen LogP) is 2.27.